The third kappa shape index (κ3) is 26.4. The monoisotopic (exact) mass is 849 g/mol. The zero-order chi connectivity index (χ0) is 45.0. The van der Waals surface area contributed by atoms with Gasteiger partial charge in [0.05, 0.1) is 13.0 Å². The van der Waals surface area contributed by atoms with Crippen LogP contribution in [-0.4, -0.2) is 131 Å². The number of nitrogens with two attached hydrogens (primary N) is 3. The largest absolute Gasteiger partial charge is 0.508 e. The summed E-state index contributed by atoms with van der Waals surface area (Å²) in [5.41, 5.74) is 16.8. The Labute approximate surface area is 325 Å². The number of phenols is 1. The number of carboxylic acid groups (broad SMARTS) is 3. The molecule has 0 unspecified atom stereocenters. The third-order valence-electron chi connectivity index (χ3n) is 6.86. The molecule has 1 aliphatic heterocycles. The fraction of sp³-hybridized carbons (Fsp3) is 0.516. The first-order valence-electron chi connectivity index (χ1n) is 16.5. The summed E-state index contributed by atoms with van der Waals surface area (Å²) >= 11 is 0. The third-order valence-corrected chi connectivity index (χ3v) is 6.86. The van der Waals surface area contributed by atoms with Gasteiger partial charge in [-0.05, 0) is 56.3 Å². The van der Waals surface area contributed by atoms with E-state index >= 15 is 0 Å². The van der Waals surface area contributed by atoms with Gasteiger partial charge in [0.1, 0.15) is 29.9 Å². The number of aliphatic carboxylic acids is 2. The van der Waals surface area contributed by atoms with Crippen LogP contribution in [0, 0.1) is 0 Å². The van der Waals surface area contributed by atoms with E-state index in [2.05, 4.69) is 31.6 Å². The summed E-state index contributed by atoms with van der Waals surface area (Å²) < 4.78 is 60.7. The summed E-state index contributed by atoms with van der Waals surface area (Å²) in [4.78, 5) is 98.4. The molecule has 0 aliphatic carbocycles. The van der Waals surface area contributed by atoms with Crippen LogP contribution < -0.4 is 43.8 Å². The van der Waals surface area contributed by atoms with E-state index in [0.29, 0.717) is 24.9 Å². The highest BCUT2D eigenvalue weighted by Crippen LogP contribution is 2.14. The standard InChI is InChI=1S/C27H41N9O8.C2HF3O2.CHF3.CH2O2/c28-10-2-1-4-18-24(42)34-17(5-3-11-31-27(29)30)23(41)32-14-21(38)33-20(13-22(39)40)26(44)36-19(25(43)35-18)12-15-6-8-16(37)9-7-15;3-2(4,5)1(6)7;2-1(3)4;2-1-3/h6-9,17-20,37H,1-5,10-14,28H2,(H,32,41)(H,33,38)(H,34,42)(H,35,43)(H,36,44)(H,39,40)(H4,29,30,31);(H,6,7);1H;1H,(H,2,3)/t17-,18-,19+,20-;;;/m0.../s1. The summed E-state index contributed by atoms with van der Waals surface area (Å²) in [7, 11) is 0. The molecule has 58 heavy (non-hydrogen) atoms. The van der Waals surface area contributed by atoms with Crippen molar-refractivity contribution in [2.24, 2.45) is 22.2 Å². The summed E-state index contributed by atoms with van der Waals surface area (Å²) in [6.45, 7) is -4.05. The van der Waals surface area contributed by atoms with E-state index in [1.54, 1.807) is 0 Å². The lowest BCUT2D eigenvalue weighted by atomic mass is 10.0. The maximum absolute atomic E-state index is 13.6. The quantitative estimate of drug-likeness (QED) is 0.0362. The molecule has 27 heteroatoms. The molecule has 4 atom stereocenters. The average Bonchev–Trinajstić information content (AvgIpc) is 3.11. The Morgan fingerprint density at radius 2 is 1.26 bits per heavy atom. The van der Waals surface area contributed by atoms with Crippen LogP contribution in [0.3, 0.4) is 0 Å². The SMILES string of the molecule is FC(F)F.NCCCC[C@@H]1NC(=O)[C@@H](Cc2ccc(O)cc2)NC(=O)[C@H](CC(=O)O)NC(=O)CNC(=O)[C@H](CCCN=C(N)N)NC1=O.O=C(O)C(F)(F)F.O=CO. The first-order valence-corrected chi connectivity index (χ1v) is 16.5. The van der Waals surface area contributed by atoms with Crippen molar-refractivity contribution in [3.8, 4) is 5.75 Å². The number of rotatable bonds is 12. The highest BCUT2D eigenvalue weighted by molar-refractivity contribution is 5.98. The lowest BCUT2D eigenvalue weighted by Gasteiger charge is -2.26. The van der Waals surface area contributed by atoms with Gasteiger partial charge in [-0.1, -0.05) is 12.1 Å². The second-order valence-corrected chi connectivity index (χ2v) is 11.4. The maximum Gasteiger partial charge on any atom is 0.490 e. The molecule has 1 saturated heterocycles. The number of alkyl halides is 6. The number of nitrogens with one attached hydrogen (secondary N) is 5. The molecule has 0 radical (unpaired) electrons. The van der Waals surface area contributed by atoms with Crippen molar-refractivity contribution in [1.29, 1.82) is 0 Å². The van der Waals surface area contributed by atoms with Crippen LogP contribution in [0.5, 0.6) is 5.75 Å². The Hall–Kier alpha value is -6.41. The molecule has 1 aromatic carbocycles. The number of benzene rings is 1. The number of carbonyl (C=O) groups excluding carboxylic acids is 5. The lowest BCUT2D eigenvalue weighted by Crippen LogP contribution is -2.58. The van der Waals surface area contributed by atoms with Gasteiger partial charge in [-0.25, -0.2) is 4.79 Å². The lowest BCUT2D eigenvalue weighted by molar-refractivity contribution is -0.192. The fourth-order valence-corrected chi connectivity index (χ4v) is 4.35. The minimum absolute atomic E-state index is 0.0267. The molecular formula is C31H45F6N9O12. The number of carbonyl (C=O) groups is 8. The molecule has 15 N–H and O–H groups in total. The van der Waals surface area contributed by atoms with Crippen molar-refractivity contribution in [2.75, 3.05) is 19.6 Å². The minimum atomic E-state index is -5.08. The van der Waals surface area contributed by atoms with E-state index in [-0.39, 0.29) is 50.4 Å². The van der Waals surface area contributed by atoms with E-state index < -0.39 is 91.5 Å². The van der Waals surface area contributed by atoms with E-state index in [4.69, 9.17) is 37.0 Å². The number of hydrogen-bond acceptors (Lipinski definition) is 11. The zero-order valence-corrected chi connectivity index (χ0v) is 30.3. The van der Waals surface area contributed by atoms with Crippen LogP contribution in [0.1, 0.15) is 44.1 Å². The van der Waals surface area contributed by atoms with Crippen molar-refractivity contribution in [1.82, 2.24) is 26.6 Å². The predicted molar refractivity (Wildman–Crippen MR) is 187 cm³/mol. The number of aliphatic imine (C=N–C) groups is 1. The number of nitrogens with zero attached hydrogens (tertiary/aromatic N) is 1. The molecule has 0 bridgehead atoms. The van der Waals surface area contributed by atoms with Gasteiger partial charge in [0.15, 0.2) is 5.96 Å². The number of phenolic OH excluding ortho intramolecular Hbond substituents is 1. The van der Waals surface area contributed by atoms with Gasteiger partial charge in [0.25, 0.3) is 6.47 Å². The number of carboxylic acids is 2. The molecule has 1 heterocycles. The topological polar surface area (TPSA) is 368 Å². The summed E-state index contributed by atoms with van der Waals surface area (Å²) in [5, 5.41) is 45.4. The zero-order valence-electron chi connectivity index (χ0n) is 30.3. The van der Waals surface area contributed by atoms with Crippen LogP contribution in [-0.2, 0) is 44.8 Å². The van der Waals surface area contributed by atoms with Crippen molar-refractivity contribution < 1.29 is 85.1 Å². The second kappa shape index (κ2) is 28.9. The van der Waals surface area contributed by atoms with Crippen molar-refractivity contribution >= 4 is 53.9 Å². The molecule has 1 fully saturated rings. The van der Waals surface area contributed by atoms with Crippen molar-refractivity contribution in [2.45, 2.75) is 82.0 Å². The van der Waals surface area contributed by atoms with Gasteiger partial charge in [-0.3, -0.25) is 38.6 Å². The normalized spacial score (nSPS) is 18.7. The minimum Gasteiger partial charge on any atom is -0.508 e. The van der Waals surface area contributed by atoms with Crippen LogP contribution in [0.15, 0.2) is 29.3 Å². The van der Waals surface area contributed by atoms with Crippen LogP contribution in [0.4, 0.5) is 26.3 Å². The molecule has 5 amide bonds. The van der Waals surface area contributed by atoms with Crippen LogP contribution >= 0.6 is 0 Å². The van der Waals surface area contributed by atoms with E-state index in [1.807, 2.05) is 0 Å². The molecule has 0 saturated carbocycles. The van der Waals surface area contributed by atoms with Gasteiger partial charge >= 0.3 is 24.8 Å². The first-order chi connectivity index (χ1) is 27.0. The average molecular weight is 850 g/mol. The molecule has 1 aromatic rings. The smallest absolute Gasteiger partial charge is 0.490 e. The number of unbranched alkanes of at least 4 members (excludes halogenated alkanes) is 1. The second-order valence-electron chi connectivity index (χ2n) is 11.4. The summed E-state index contributed by atoms with van der Waals surface area (Å²) in [6.07, 6.45) is -4.50. The van der Waals surface area contributed by atoms with Crippen LogP contribution in [0.2, 0.25) is 0 Å². The first kappa shape index (κ1) is 53.7. The molecule has 21 nitrogen and oxygen atoms in total. The Balaban J connectivity index is 0. The number of halogens is 6. The van der Waals surface area contributed by atoms with E-state index in [1.165, 1.54) is 24.3 Å². The number of amides is 5. The number of hydrogen-bond donors (Lipinski definition) is 12. The maximum atomic E-state index is 13.6. The van der Waals surface area contributed by atoms with Gasteiger partial charge in [-0.2, -0.15) is 26.3 Å². The van der Waals surface area contributed by atoms with Crippen molar-refractivity contribution in [3.63, 3.8) is 0 Å². The van der Waals surface area contributed by atoms with Crippen molar-refractivity contribution in [3.05, 3.63) is 29.8 Å². The Kier molecular flexibility index (Phi) is 26.8. The summed E-state index contributed by atoms with van der Waals surface area (Å²) in [6, 6.07) is 0.627. The molecule has 328 valence electrons. The van der Waals surface area contributed by atoms with Gasteiger partial charge < -0.3 is 64.2 Å². The highest BCUT2D eigenvalue weighted by Gasteiger charge is 2.38. The molecule has 2 rings (SSSR count). The Morgan fingerprint density at radius 3 is 1.72 bits per heavy atom. The Bertz CT molecular complexity index is 1520. The molecule has 0 aromatic heterocycles. The number of aromatic hydroxyl groups is 1. The van der Waals surface area contributed by atoms with E-state index in [9.17, 15) is 65.3 Å². The van der Waals surface area contributed by atoms with Gasteiger partial charge in [-0.15, -0.1) is 0 Å². The fourth-order valence-electron chi connectivity index (χ4n) is 4.35. The molecule has 1 aliphatic rings. The predicted octanol–water partition coefficient (Wildman–Crippen LogP) is -1.83. The molecular weight excluding hydrogens is 804 g/mol. The van der Waals surface area contributed by atoms with Gasteiger partial charge in [0, 0.05) is 13.0 Å². The van der Waals surface area contributed by atoms with Gasteiger partial charge in [0.2, 0.25) is 29.5 Å². The van der Waals surface area contributed by atoms with Crippen LogP contribution in [0.25, 0.3) is 0 Å². The molecule has 0 spiro atoms. The Morgan fingerprint density at radius 1 is 0.810 bits per heavy atom. The highest BCUT2D eigenvalue weighted by atomic mass is 19.4. The number of guanidine groups is 1. The van der Waals surface area contributed by atoms with E-state index in [0.717, 1.165) is 0 Å². The summed E-state index contributed by atoms with van der Waals surface area (Å²) in [5.74, 6) is -8.37.